The molecule has 1 aliphatic rings. The lowest BCUT2D eigenvalue weighted by Crippen LogP contribution is -2.28. The van der Waals surface area contributed by atoms with Crippen LogP contribution >= 0.6 is 23.2 Å². The van der Waals surface area contributed by atoms with E-state index in [2.05, 4.69) is 5.32 Å². The Hall–Kier alpha value is -2.11. The summed E-state index contributed by atoms with van der Waals surface area (Å²) < 4.78 is 13.3. The Bertz CT molecular complexity index is 878. The number of hydrogen-bond acceptors (Lipinski definition) is 2. The van der Waals surface area contributed by atoms with Crippen molar-refractivity contribution in [2.24, 2.45) is 5.92 Å². The Balaban J connectivity index is 1.76. The van der Waals surface area contributed by atoms with E-state index in [9.17, 15) is 14.0 Å². The summed E-state index contributed by atoms with van der Waals surface area (Å²) in [7, 11) is 0. The van der Waals surface area contributed by atoms with Gasteiger partial charge in [0.05, 0.1) is 21.7 Å². The van der Waals surface area contributed by atoms with Crippen molar-refractivity contribution in [2.75, 3.05) is 16.8 Å². The third-order valence-corrected chi connectivity index (χ3v) is 4.98. The fourth-order valence-corrected chi connectivity index (χ4v) is 3.63. The fourth-order valence-electron chi connectivity index (χ4n) is 3.08. The van der Waals surface area contributed by atoms with Crippen LogP contribution in [0.2, 0.25) is 10.0 Å². The lowest BCUT2D eigenvalue weighted by Gasteiger charge is -2.18. The third kappa shape index (κ3) is 3.69. The lowest BCUT2D eigenvalue weighted by atomic mass is 10.1. The smallest absolute Gasteiger partial charge is 0.229 e. The molecular weight excluding hydrogens is 378 g/mol. The summed E-state index contributed by atoms with van der Waals surface area (Å²) in [6, 6.07) is 7.76. The third-order valence-electron chi connectivity index (χ3n) is 4.39. The number of carbonyl (C=O) groups excluding carboxylic acids is 2. The second-order valence-electron chi connectivity index (χ2n) is 6.43. The first-order valence-electron chi connectivity index (χ1n) is 8.09. The molecule has 7 heteroatoms. The minimum atomic E-state index is -0.555. The van der Waals surface area contributed by atoms with Gasteiger partial charge in [-0.25, -0.2) is 4.39 Å². The summed E-state index contributed by atoms with van der Waals surface area (Å²) >= 11 is 12.0. The number of nitrogens with one attached hydrogen (secondary N) is 1. The molecular formula is C19H17Cl2FN2O2. The van der Waals surface area contributed by atoms with Gasteiger partial charge in [0.1, 0.15) is 5.82 Å². The molecule has 1 fully saturated rings. The van der Waals surface area contributed by atoms with Gasteiger partial charge in [-0.15, -0.1) is 0 Å². The number of benzene rings is 2. The zero-order chi connectivity index (χ0) is 19.0. The van der Waals surface area contributed by atoms with E-state index in [4.69, 9.17) is 23.2 Å². The van der Waals surface area contributed by atoms with E-state index in [0.29, 0.717) is 16.4 Å². The van der Waals surface area contributed by atoms with Crippen LogP contribution in [-0.2, 0) is 9.59 Å². The van der Waals surface area contributed by atoms with Crippen molar-refractivity contribution in [1.82, 2.24) is 0 Å². The summed E-state index contributed by atoms with van der Waals surface area (Å²) in [6.45, 7) is 3.99. The number of amides is 2. The van der Waals surface area contributed by atoms with E-state index >= 15 is 0 Å². The first kappa shape index (κ1) is 18.7. The van der Waals surface area contributed by atoms with Crippen molar-refractivity contribution in [3.63, 3.8) is 0 Å². The van der Waals surface area contributed by atoms with Gasteiger partial charge in [0.15, 0.2) is 0 Å². The first-order valence-corrected chi connectivity index (χ1v) is 8.85. The van der Waals surface area contributed by atoms with Gasteiger partial charge in [-0.1, -0.05) is 29.3 Å². The molecule has 3 rings (SSSR count). The van der Waals surface area contributed by atoms with Gasteiger partial charge in [0.25, 0.3) is 0 Å². The van der Waals surface area contributed by atoms with Gasteiger partial charge >= 0.3 is 0 Å². The Morgan fingerprint density at radius 1 is 1.19 bits per heavy atom. The molecule has 1 heterocycles. The quantitative estimate of drug-likeness (QED) is 0.816. The monoisotopic (exact) mass is 394 g/mol. The van der Waals surface area contributed by atoms with Crippen molar-refractivity contribution in [3.8, 4) is 0 Å². The average molecular weight is 395 g/mol. The van der Waals surface area contributed by atoms with E-state index in [0.717, 1.165) is 11.1 Å². The van der Waals surface area contributed by atoms with Crippen LogP contribution in [0.25, 0.3) is 0 Å². The molecule has 0 radical (unpaired) electrons. The van der Waals surface area contributed by atoms with Crippen molar-refractivity contribution in [3.05, 3.63) is 57.3 Å². The van der Waals surface area contributed by atoms with Gasteiger partial charge in [-0.05, 0) is 49.2 Å². The lowest BCUT2D eigenvalue weighted by molar-refractivity contribution is -0.122. The molecule has 0 bridgehead atoms. The highest BCUT2D eigenvalue weighted by atomic mass is 35.5. The maximum Gasteiger partial charge on any atom is 0.229 e. The predicted octanol–water partition coefficient (Wildman–Crippen LogP) is 4.74. The first-order chi connectivity index (χ1) is 12.3. The van der Waals surface area contributed by atoms with E-state index in [-0.39, 0.29) is 29.8 Å². The van der Waals surface area contributed by atoms with Crippen molar-refractivity contribution >= 4 is 46.4 Å². The fraction of sp³-hybridized carbons (Fsp3) is 0.263. The molecule has 136 valence electrons. The Labute approximate surface area is 160 Å². The molecule has 26 heavy (non-hydrogen) atoms. The van der Waals surface area contributed by atoms with Gasteiger partial charge < -0.3 is 10.2 Å². The average Bonchev–Trinajstić information content (AvgIpc) is 2.95. The highest BCUT2D eigenvalue weighted by molar-refractivity contribution is 6.34. The van der Waals surface area contributed by atoms with E-state index in [1.54, 1.807) is 6.07 Å². The number of hydrogen-bond donors (Lipinski definition) is 1. The summed E-state index contributed by atoms with van der Waals surface area (Å²) in [6.07, 6.45) is 0.0728. The van der Waals surface area contributed by atoms with Crippen LogP contribution < -0.4 is 10.2 Å². The van der Waals surface area contributed by atoms with Crippen molar-refractivity contribution < 1.29 is 14.0 Å². The van der Waals surface area contributed by atoms with Crippen molar-refractivity contribution in [2.45, 2.75) is 20.3 Å². The molecule has 2 aromatic carbocycles. The molecule has 0 spiro atoms. The zero-order valence-corrected chi connectivity index (χ0v) is 15.8. The van der Waals surface area contributed by atoms with Crippen LogP contribution in [0.3, 0.4) is 0 Å². The number of aryl methyl sites for hydroxylation is 2. The van der Waals surface area contributed by atoms with Crippen LogP contribution in [0, 0.1) is 25.6 Å². The van der Waals surface area contributed by atoms with E-state index in [1.165, 1.54) is 23.1 Å². The SMILES string of the molecule is Cc1cc(C)c(NC(=O)C2CC(=O)N(c3ccc(F)c(Cl)c3)C2)c(Cl)c1. The minimum Gasteiger partial charge on any atom is -0.324 e. The van der Waals surface area contributed by atoms with Gasteiger partial charge in [-0.2, -0.15) is 0 Å². The van der Waals surface area contributed by atoms with Crippen LogP contribution in [0.5, 0.6) is 0 Å². The molecule has 4 nitrogen and oxygen atoms in total. The number of carbonyl (C=O) groups is 2. The molecule has 0 saturated carbocycles. The molecule has 0 aromatic heterocycles. The molecule has 1 atom stereocenters. The second kappa shape index (κ2) is 7.25. The topological polar surface area (TPSA) is 49.4 Å². The second-order valence-corrected chi connectivity index (χ2v) is 7.25. The maximum atomic E-state index is 13.3. The molecule has 2 amide bonds. The zero-order valence-electron chi connectivity index (χ0n) is 14.3. The molecule has 2 aromatic rings. The Morgan fingerprint density at radius 2 is 1.92 bits per heavy atom. The van der Waals surface area contributed by atoms with Crippen LogP contribution in [-0.4, -0.2) is 18.4 Å². The van der Waals surface area contributed by atoms with Crippen molar-refractivity contribution in [1.29, 1.82) is 0 Å². The summed E-state index contributed by atoms with van der Waals surface area (Å²) in [5, 5.41) is 3.22. The summed E-state index contributed by atoms with van der Waals surface area (Å²) in [5.74, 6) is -1.56. The summed E-state index contributed by atoms with van der Waals surface area (Å²) in [5.41, 5.74) is 2.88. The molecule has 1 saturated heterocycles. The number of rotatable bonds is 3. The minimum absolute atomic E-state index is 0.0646. The Morgan fingerprint density at radius 3 is 2.58 bits per heavy atom. The van der Waals surface area contributed by atoms with Gasteiger partial charge in [-0.3, -0.25) is 9.59 Å². The normalized spacial score (nSPS) is 16.9. The largest absolute Gasteiger partial charge is 0.324 e. The molecule has 1 aliphatic heterocycles. The van der Waals surface area contributed by atoms with Crippen LogP contribution in [0.15, 0.2) is 30.3 Å². The van der Waals surface area contributed by atoms with E-state index < -0.39 is 11.7 Å². The molecule has 0 aliphatic carbocycles. The molecule has 1 unspecified atom stereocenters. The molecule has 1 N–H and O–H groups in total. The number of nitrogens with zero attached hydrogens (tertiary/aromatic N) is 1. The number of halogens is 3. The van der Waals surface area contributed by atoms with Crippen LogP contribution in [0.4, 0.5) is 15.8 Å². The number of anilines is 2. The van der Waals surface area contributed by atoms with Crippen LogP contribution in [0.1, 0.15) is 17.5 Å². The van der Waals surface area contributed by atoms with Gasteiger partial charge in [0, 0.05) is 18.7 Å². The highest BCUT2D eigenvalue weighted by Crippen LogP contribution is 2.31. The predicted molar refractivity (Wildman–Crippen MR) is 101 cm³/mol. The van der Waals surface area contributed by atoms with Gasteiger partial charge in [0.2, 0.25) is 11.8 Å². The highest BCUT2D eigenvalue weighted by Gasteiger charge is 2.35. The standard InChI is InChI=1S/C19H17Cl2FN2O2/c1-10-5-11(2)18(15(21)6-10)23-19(26)12-7-17(25)24(9-12)13-3-4-16(22)14(20)8-13/h3-6,8,12H,7,9H2,1-2H3,(H,23,26). The maximum absolute atomic E-state index is 13.3. The summed E-state index contributed by atoms with van der Waals surface area (Å²) in [4.78, 5) is 26.4. The van der Waals surface area contributed by atoms with E-state index in [1.807, 2.05) is 19.9 Å². The Kier molecular flexibility index (Phi) is 5.21.